The van der Waals surface area contributed by atoms with Crippen LogP contribution in [-0.4, -0.2) is 25.3 Å². The Balaban J connectivity index is 1.43. The number of ether oxygens (including phenoxy) is 2. The largest absolute Gasteiger partial charge is 0.486 e. The first-order chi connectivity index (χ1) is 11.2. The fourth-order valence-corrected chi connectivity index (χ4v) is 2.26. The zero-order valence-electron chi connectivity index (χ0n) is 12.4. The minimum absolute atomic E-state index is 0.246. The molecule has 2 N–H and O–H groups in total. The van der Waals surface area contributed by atoms with Gasteiger partial charge in [-0.15, -0.1) is 0 Å². The third-order valence-electron chi connectivity index (χ3n) is 3.40. The highest BCUT2D eigenvalue weighted by Gasteiger charge is 2.20. The van der Waals surface area contributed by atoms with E-state index in [2.05, 4.69) is 10.6 Å². The molecular formula is C17H17FN2O3. The number of halogens is 1. The summed E-state index contributed by atoms with van der Waals surface area (Å²) < 4.78 is 24.4. The van der Waals surface area contributed by atoms with Gasteiger partial charge in [-0.05, 0) is 29.8 Å². The van der Waals surface area contributed by atoms with Gasteiger partial charge in [0.2, 0.25) is 0 Å². The van der Waals surface area contributed by atoms with Crippen molar-refractivity contribution >= 4 is 6.03 Å². The van der Waals surface area contributed by atoms with Crippen molar-refractivity contribution < 1.29 is 18.7 Å². The molecule has 1 aliphatic heterocycles. The lowest BCUT2D eigenvalue weighted by atomic mass is 10.2. The molecule has 0 bridgehead atoms. The highest BCUT2D eigenvalue weighted by atomic mass is 19.1. The number of carbonyl (C=O) groups excluding carboxylic acids is 1. The van der Waals surface area contributed by atoms with E-state index in [4.69, 9.17) is 9.47 Å². The van der Waals surface area contributed by atoms with E-state index in [0.29, 0.717) is 30.2 Å². The first-order valence-electron chi connectivity index (χ1n) is 7.35. The van der Waals surface area contributed by atoms with Crippen molar-refractivity contribution in [2.75, 3.05) is 13.2 Å². The van der Waals surface area contributed by atoms with Crippen molar-refractivity contribution in [3.05, 3.63) is 59.9 Å². The van der Waals surface area contributed by atoms with Crippen LogP contribution in [0.1, 0.15) is 5.56 Å². The molecule has 0 fully saturated rings. The van der Waals surface area contributed by atoms with Gasteiger partial charge in [0.25, 0.3) is 0 Å². The third kappa shape index (κ3) is 4.12. The van der Waals surface area contributed by atoms with E-state index in [9.17, 15) is 9.18 Å². The Bertz CT molecular complexity index is 693. The summed E-state index contributed by atoms with van der Waals surface area (Å²) in [5.41, 5.74) is 0.700. The molecule has 2 aromatic carbocycles. The van der Waals surface area contributed by atoms with Crippen LogP contribution in [0.25, 0.3) is 0 Å². The number of hydrogen-bond acceptors (Lipinski definition) is 3. The summed E-state index contributed by atoms with van der Waals surface area (Å²) in [7, 11) is 0. The maximum atomic E-state index is 13.0. The summed E-state index contributed by atoms with van der Waals surface area (Å²) in [6, 6.07) is 13.2. The molecule has 0 spiro atoms. The molecular weight excluding hydrogens is 299 g/mol. The molecule has 120 valence electrons. The van der Waals surface area contributed by atoms with E-state index in [1.807, 2.05) is 24.3 Å². The standard InChI is InChI=1S/C17H17FN2O3/c18-13-5-3-4-12(8-13)9-19-17(21)20-10-14-11-22-15-6-1-2-7-16(15)23-14/h1-8,14H,9-11H2,(H2,19,20,21). The van der Waals surface area contributed by atoms with Crippen LogP contribution in [0.2, 0.25) is 0 Å². The van der Waals surface area contributed by atoms with Crippen LogP contribution >= 0.6 is 0 Å². The first kappa shape index (κ1) is 15.1. The molecule has 23 heavy (non-hydrogen) atoms. The van der Waals surface area contributed by atoms with Crippen LogP contribution in [0.15, 0.2) is 48.5 Å². The lowest BCUT2D eigenvalue weighted by molar-refractivity contribution is 0.0918. The number of amides is 2. The zero-order chi connectivity index (χ0) is 16.1. The molecule has 1 heterocycles. The topological polar surface area (TPSA) is 59.6 Å². The number of fused-ring (bicyclic) bond motifs is 1. The number of benzene rings is 2. The van der Waals surface area contributed by atoms with Gasteiger partial charge in [-0.2, -0.15) is 0 Å². The molecule has 1 aliphatic rings. The minimum atomic E-state index is -0.336. The Morgan fingerprint density at radius 1 is 1.13 bits per heavy atom. The van der Waals surface area contributed by atoms with Crippen LogP contribution in [0, 0.1) is 5.82 Å². The molecule has 6 heteroatoms. The van der Waals surface area contributed by atoms with Crippen LogP contribution in [0.3, 0.4) is 0 Å². The SMILES string of the molecule is O=C(NCc1cccc(F)c1)NCC1COc2ccccc2O1. The molecule has 1 unspecified atom stereocenters. The van der Waals surface area contributed by atoms with Crippen LogP contribution in [-0.2, 0) is 6.54 Å². The smallest absolute Gasteiger partial charge is 0.315 e. The van der Waals surface area contributed by atoms with Gasteiger partial charge in [-0.25, -0.2) is 9.18 Å². The van der Waals surface area contributed by atoms with Crippen molar-refractivity contribution in [3.63, 3.8) is 0 Å². The van der Waals surface area contributed by atoms with Gasteiger partial charge in [-0.3, -0.25) is 0 Å². The van der Waals surface area contributed by atoms with Crippen molar-refractivity contribution in [1.29, 1.82) is 0 Å². The lowest BCUT2D eigenvalue weighted by Gasteiger charge is -2.26. The second kappa shape index (κ2) is 7.00. The molecule has 0 saturated heterocycles. The quantitative estimate of drug-likeness (QED) is 0.911. The predicted octanol–water partition coefficient (Wildman–Crippen LogP) is 2.46. The van der Waals surface area contributed by atoms with Gasteiger partial charge >= 0.3 is 6.03 Å². The summed E-state index contributed by atoms with van der Waals surface area (Å²) in [5.74, 6) is 1.06. The Morgan fingerprint density at radius 3 is 2.78 bits per heavy atom. The average molecular weight is 316 g/mol. The van der Waals surface area contributed by atoms with Gasteiger partial charge in [0.05, 0.1) is 6.54 Å². The molecule has 0 aromatic heterocycles. The maximum Gasteiger partial charge on any atom is 0.315 e. The fourth-order valence-electron chi connectivity index (χ4n) is 2.26. The number of hydrogen-bond donors (Lipinski definition) is 2. The zero-order valence-corrected chi connectivity index (χ0v) is 12.4. The van der Waals surface area contributed by atoms with Crippen molar-refractivity contribution in [2.45, 2.75) is 12.6 Å². The van der Waals surface area contributed by atoms with Gasteiger partial charge in [0, 0.05) is 6.54 Å². The van der Waals surface area contributed by atoms with Crippen molar-refractivity contribution in [2.24, 2.45) is 0 Å². The number of nitrogens with one attached hydrogen (secondary N) is 2. The lowest BCUT2D eigenvalue weighted by Crippen LogP contribution is -2.44. The van der Waals surface area contributed by atoms with Gasteiger partial charge < -0.3 is 20.1 Å². The fraction of sp³-hybridized carbons (Fsp3) is 0.235. The van der Waals surface area contributed by atoms with Crippen molar-refractivity contribution in [1.82, 2.24) is 10.6 Å². The summed E-state index contributed by atoms with van der Waals surface area (Å²) in [4.78, 5) is 11.8. The third-order valence-corrected chi connectivity index (χ3v) is 3.40. The molecule has 0 aliphatic carbocycles. The molecule has 0 radical (unpaired) electrons. The summed E-state index contributed by atoms with van der Waals surface area (Å²) >= 11 is 0. The highest BCUT2D eigenvalue weighted by molar-refractivity contribution is 5.73. The number of para-hydroxylation sites is 2. The molecule has 3 rings (SSSR count). The highest BCUT2D eigenvalue weighted by Crippen LogP contribution is 2.30. The number of carbonyl (C=O) groups is 1. The minimum Gasteiger partial charge on any atom is -0.486 e. The van der Waals surface area contributed by atoms with Gasteiger partial charge in [0.1, 0.15) is 12.4 Å². The Kier molecular flexibility index (Phi) is 4.61. The van der Waals surface area contributed by atoms with Gasteiger partial charge in [-0.1, -0.05) is 24.3 Å². The van der Waals surface area contributed by atoms with E-state index < -0.39 is 0 Å². The second-order valence-corrected chi connectivity index (χ2v) is 5.19. The number of urea groups is 1. The van der Waals surface area contributed by atoms with E-state index in [-0.39, 0.29) is 24.5 Å². The summed E-state index contributed by atoms with van der Waals surface area (Å²) in [5, 5.41) is 5.39. The van der Waals surface area contributed by atoms with Crippen LogP contribution in [0.4, 0.5) is 9.18 Å². The normalized spacial score (nSPS) is 15.8. The van der Waals surface area contributed by atoms with Crippen molar-refractivity contribution in [3.8, 4) is 11.5 Å². The number of rotatable bonds is 4. The van der Waals surface area contributed by atoms with E-state index in [1.54, 1.807) is 12.1 Å². The van der Waals surface area contributed by atoms with E-state index >= 15 is 0 Å². The van der Waals surface area contributed by atoms with Crippen LogP contribution < -0.4 is 20.1 Å². The molecule has 1 atom stereocenters. The average Bonchev–Trinajstić information content (AvgIpc) is 2.58. The summed E-state index contributed by atoms with van der Waals surface area (Å²) in [6.45, 7) is 0.957. The molecule has 2 aromatic rings. The molecule has 2 amide bonds. The van der Waals surface area contributed by atoms with Crippen LogP contribution in [0.5, 0.6) is 11.5 Å². The van der Waals surface area contributed by atoms with E-state index in [1.165, 1.54) is 12.1 Å². The Hall–Kier alpha value is -2.76. The summed E-state index contributed by atoms with van der Waals surface area (Å²) in [6.07, 6.45) is -0.246. The second-order valence-electron chi connectivity index (χ2n) is 5.19. The van der Waals surface area contributed by atoms with E-state index in [0.717, 1.165) is 0 Å². The molecule has 0 saturated carbocycles. The maximum absolute atomic E-state index is 13.0. The monoisotopic (exact) mass is 316 g/mol. The van der Waals surface area contributed by atoms with Gasteiger partial charge in [0.15, 0.2) is 17.6 Å². The predicted molar refractivity (Wildman–Crippen MR) is 83.0 cm³/mol. The molecule has 5 nitrogen and oxygen atoms in total. The Morgan fingerprint density at radius 2 is 1.96 bits per heavy atom. The Labute approximate surface area is 133 Å². The first-order valence-corrected chi connectivity index (χ1v) is 7.35.